The predicted octanol–water partition coefficient (Wildman–Crippen LogP) is 7.89. The highest BCUT2D eigenvalue weighted by atomic mass is 32.2. The van der Waals surface area contributed by atoms with Crippen LogP contribution in [0.4, 0.5) is 0 Å². The number of allylic oxidation sites excluding steroid dienone is 3. The average Bonchev–Trinajstić information content (AvgIpc) is 2.97. The third-order valence-corrected chi connectivity index (χ3v) is 8.50. The third kappa shape index (κ3) is 4.99. The molecule has 3 atom stereocenters. The lowest BCUT2D eigenvalue weighted by atomic mass is 9.59. The van der Waals surface area contributed by atoms with Gasteiger partial charge >= 0.3 is 0 Å². The smallest absolute Gasteiger partial charge is 0.0320 e. The molecule has 0 nitrogen and oxygen atoms in total. The summed E-state index contributed by atoms with van der Waals surface area (Å²) in [7, 11) is 0. The van der Waals surface area contributed by atoms with E-state index in [-0.39, 0.29) is 0 Å². The maximum Gasteiger partial charge on any atom is 0.0320 e. The number of hydrogen-bond donors (Lipinski definition) is 0. The van der Waals surface area contributed by atoms with Crippen LogP contribution >= 0.6 is 11.8 Å². The monoisotopic (exact) mass is 380 g/mol. The molecule has 146 valence electrons. The summed E-state index contributed by atoms with van der Waals surface area (Å²) in [4.78, 5) is 0. The van der Waals surface area contributed by atoms with E-state index < -0.39 is 0 Å². The lowest BCUT2D eigenvalue weighted by molar-refractivity contribution is 0.0635. The molecule has 2 unspecified atom stereocenters. The van der Waals surface area contributed by atoms with Gasteiger partial charge in [0.2, 0.25) is 0 Å². The SMILES string of the molecule is C=CCC1(C(C)C/C=C/[C@H]2CCC(=C)C2SCc2ccc(C)cc2)CCC1. The maximum atomic E-state index is 4.38. The van der Waals surface area contributed by atoms with Crippen LogP contribution in [-0.4, -0.2) is 5.25 Å². The van der Waals surface area contributed by atoms with Gasteiger partial charge in [-0.05, 0) is 68.3 Å². The quantitative estimate of drug-likeness (QED) is 0.392. The van der Waals surface area contributed by atoms with E-state index in [1.165, 1.54) is 61.6 Å². The molecule has 2 aliphatic rings. The minimum Gasteiger partial charge on any atom is -0.149 e. The fourth-order valence-electron chi connectivity index (χ4n) is 4.78. The molecular weight excluding hydrogens is 344 g/mol. The Balaban J connectivity index is 1.53. The van der Waals surface area contributed by atoms with E-state index in [9.17, 15) is 0 Å². The second-order valence-electron chi connectivity index (χ2n) is 8.85. The molecule has 0 aliphatic heterocycles. The first-order valence-electron chi connectivity index (χ1n) is 10.7. The molecule has 0 aromatic heterocycles. The summed E-state index contributed by atoms with van der Waals surface area (Å²) in [6, 6.07) is 8.98. The number of rotatable bonds is 9. The zero-order chi connectivity index (χ0) is 19.3. The van der Waals surface area contributed by atoms with E-state index in [0.29, 0.717) is 16.6 Å². The molecule has 3 rings (SSSR count). The zero-order valence-electron chi connectivity index (χ0n) is 17.3. The van der Waals surface area contributed by atoms with Gasteiger partial charge in [0.25, 0.3) is 0 Å². The molecular formula is C26H36S. The summed E-state index contributed by atoms with van der Waals surface area (Å²) in [5.41, 5.74) is 4.75. The number of benzene rings is 1. The van der Waals surface area contributed by atoms with Crippen molar-refractivity contribution in [3.63, 3.8) is 0 Å². The summed E-state index contributed by atoms with van der Waals surface area (Å²) >= 11 is 2.08. The van der Waals surface area contributed by atoms with Gasteiger partial charge in [0.05, 0.1) is 0 Å². The Morgan fingerprint density at radius 2 is 2.00 bits per heavy atom. The molecule has 0 amide bonds. The van der Waals surface area contributed by atoms with Gasteiger partial charge in [0.1, 0.15) is 0 Å². The first-order chi connectivity index (χ1) is 13.0. The summed E-state index contributed by atoms with van der Waals surface area (Å²) in [6.07, 6.45) is 16.2. The Hall–Kier alpha value is -1.21. The number of thioether (sulfide) groups is 1. The molecule has 0 spiro atoms. The first kappa shape index (κ1) is 20.5. The molecule has 0 saturated heterocycles. The van der Waals surface area contributed by atoms with Crippen molar-refractivity contribution in [2.24, 2.45) is 17.3 Å². The van der Waals surface area contributed by atoms with E-state index in [4.69, 9.17) is 0 Å². The van der Waals surface area contributed by atoms with Crippen LogP contribution in [0.2, 0.25) is 0 Å². The number of aryl methyl sites for hydroxylation is 1. The molecule has 1 heteroatoms. The van der Waals surface area contributed by atoms with Crippen molar-refractivity contribution in [2.75, 3.05) is 0 Å². The van der Waals surface area contributed by atoms with Crippen LogP contribution in [0.3, 0.4) is 0 Å². The number of hydrogen-bond acceptors (Lipinski definition) is 1. The minimum atomic E-state index is 0.547. The Kier molecular flexibility index (Phi) is 7.09. The summed E-state index contributed by atoms with van der Waals surface area (Å²) in [5, 5.41) is 0.587. The fraction of sp³-hybridized carbons (Fsp3) is 0.538. The van der Waals surface area contributed by atoms with Crippen LogP contribution in [-0.2, 0) is 5.75 Å². The lowest BCUT2D eigenvalue weighted by Gasteiger charge is -2.46. The highest BCUT2D eigenvalue weighted by Crippen LogP contribution is 2.51. The van der Waals surface area contributed by atoms with Crippen molar-refractivity contribution in [1.82, 2.24) is 0 Å². The Morgan fingerprint density at radius 3 is 2.63 bits per heavy atom. The molecule has 0 N–H and O–H groups in total. The molecule has 0 bridgehead atoms. The molecule has 2 aliphatic carbocycles. The van der Waals surface area contributed by atoms with Gasteiger partial charge in [-0.25, -0.2) is 0 Å². The van der Waals surface area contributed by atoms with Crippen molar-refractivity contribution in [3.8, 4) is 0 Å². The average molecular weight is 381 g/mol. The predicted molar refractivity (Wildman–Crippen MR) is 122 cm³/mol. The van der Waals surface area contributed by atoms with Crippen molar-refractivity contribution in [2.45, 2.75) is 69.8 Å². The van der Waals surface area contributed by atoms with Gasteiger partial charge < -0.3 is 0 Å². The normalized spacial score (nSPS) is 25.5. The van der Waals surface area contributed by atoms with E-state index in [1.807, 2.05) is 0 Å². The molecule has 1 aromatic carbocycles. The van der Waals surface area contributed by atoms with Crippen LogP contribution in [0.25, 0.3) is 0 Å². The fourth-order valence-corrected chi connectivity index (χ4v) is 6.17. The largest absolute Gasteiger partial charge is 0.149 e. The highest BCUT2D eigenvalue weighted by Gasteiger charge is 2.39. The Bertz CT molecular complexity index is 662. The minimum absolute atomic E-state index is 0.547. The second-order valence-corrected chi connectivity index (χ2v) is 9.98. The van der Waals surface area contributed by atoms with Crippen LogP contribution in [0.5, 0.6) is 0 Å². The molecule has 1 aromatic rings. The van der Waals surface area contributed by atoms with Crippen molar-refractivity contribution in [3.05, 3.63) is 72.4 Å². The molecule has 2 fully saturated rings. The van der Waals surface area contributed by atoms with Gasteiger partial charge in [-0.15, -0.1) is 18.3 Å². The van der Waals surface area contributed by atoms with E-state index in [2.05, 4.69) is 81.3 Å². The van der Waals surface area contributed by atoms with Gasteiger partial charge in [0, 0.05) is 11.0 Å². The van der Waals surface area contributed by atoms with Crippen molar-refractivity contribution < 1.29 is 0 Å². The summed E-state index contributed by atoms with van der Waals surface area (Å²) < 4.78 is 0. The topological polar surface area (TPSA) is 0 Å². The van der Waals surface area contributed by atoms with E-state index in [1.54, 1.807) is 0 Å². The summed E-state index contributed by atoms with van der Waals surface area (Å²) in [5.74, 6) is 2.52. The van der Waals surface area contributed by atoms with E-state index in [0.717, 1.165) is 11.7 Å². The molecule has 27 heavy (non-hydrogen) atoms. The van der Waals surface area contributed by atoms with Gasteiger partial charge in [-0.1, -0.05) is 73.6 Å². The molecule has 0 radical (unpaired) electrons. The van der Waals surface area contributed by atoms with Gasteiger partial charge in [-0.2, -0.15) is 0 Å². The lowest BCUT2D eigenvalue weighted by Crippen LogP contribution is -2.35. The van der Waals surface area contributed by atoms with Gasteiger partial charge in [0.15, 0.2) is 0 Å². The van der Waals surface area contributed by atoms with E-state index >= 15 is 0 Å². The Morgan fingerprint density at radius 1 is 1.26 bits per heavy atom. The standard InChI is InChI=1S/C26H36S/c1-5-16-26(17-7-18-26)22(4)8-6-9-24-15-12-21(3)25(24)27-19-23-13-10-20(2)11-14-23/h5-6,9-11,13-14,22,24-25H,1,3,7-8,12,15-19H2,2,4H3/b9-6+/t22?,24-,25?/m0/s1. The van der Waals surface area contributed by atoms with Crippen LogP contribution in [0.1, 0.15) is 63.0 Å². The highest BCUT2D eigenvalue weighted by molar-refractivity contribution is 7.99. The summed E-state index contributed by atoms with van der Waals surface area (Å²) in [6.45, 7) is 13.0. The maximum absolute atomic E-state index is 4.38. The first-order valence-corrected chi connectivity index (χ1v) is 11.7. The third-order valence-electron chi connectivity index (χ3n) is 6.96. The van der Waals surface area contributed by atoms with Crippen LogP contribution in [0, 0.1) is 24.2 Å². The Labute approximate surface area is 171 Å². The van der Waals surface area contributed by atoms with Crippen LogP contribution in [0.15, 0.2) is 61.2 Å². The second kappa shape index (κ2) is 9.32. The van der Waals surface area contributed by atoms with Gasteiger partial charge in [-0.3, -0.25) is 0 Å². The molecule has 2 saturated carbocycles. The van der Waals surface area contributed by atoms with Crippen molar-refractivity contribution in [1.29, 1.82) is 0 Å². The van der Waals surface area contributed by atoms with Crippen molar-refractivity contribution >= 4 is 11.8 Å². The molecule has 0 heterocycles. The van der Waals surface area contributed by atoms with Crippen LogP contribution < -0.4 is 0 Å². The zero-order valence-corrected chi connectivity index (χ0v) is 18.1.